The summed E-state index contributed by atoms with van der Waals surface area (Å²) in [6.07, 6.45) is 0. The zero-order valence-electron chi connectivity index (χ0n) is 17.1. The molecular weight excluding hydrogens is 505 g/mol. The molecule has 1 aromatic heterocycles. The van der Waals surface area contributed by atoms with Crippen molar-refractivity contribution < 1.29 is 9.15 Å². The van der Waals surface area contributed by atoms with Crippen LogP contribution in [0.15, 0.2) is 33.7 Å². The van der Waals surface area contributed by atoms with E-state index in [1.54, 1.807) is 7.05 Å². The molecule has 29 heavy (non-hydrogen) atoms. The number of morpholine rings is 1. The standard InChI is InChI=1S/C20H28ClN5O2.HI/c1-14-15(2)28-19(25-14)13-24-20(22-3)23-12-18(26-8-10-27-11-9-26)16-6-4-5-7-17(16)21;/h4-7,18H,8-13H2,1-3H3,(H2,22,23,24);1H. The van der Waals surface area contributed by atoms with E-state index in [4.69, 9.17) is 20.8 Å². The van der Waals surface area contributed by atoms with E-state index in [2.05, 4.69) is 31.6 Å². The van der Waals surface area contributed by atoms with Crippen LogP contribution >= 0.6 is 35.6 Å². The summed E-state index contributed by atoms with van der Waals surface area (Å²) < 4.78 is 11.1. The zero-order valence-corrected chi connectivity index (χ0v) is 20.2. The first-order chi connectivity index (χ1) is 13.6. The smallest absolute Gasteiger partial charge is 0.214 e. The zero-order chi connectivity index (χ0) is 19.9. The summed E-state index contributed by atoms with van der Waals surface area (Å²) in [6.45, 7) is 8.21. The highest BCUT2D eigenvalue weighted by atomic mass is 127. The number of rotatable bonds is 6. The van der Waals surface area contributed by atoms with E-state index < -0.39 is 0 Å². The summed E-state index contributed by atoms with van der Waals surface area (Å²) >= 11 is 6.49. The van der Waals surface area contributed by atoms with Crippen molar-refractivity contribution in [2.45, 2.75) is 26.4 Å². The number of hydrogen-bond acceptors (Lipinski definition) is 5. The van der Waals surface area contributed by atoms with Crippen molar-refractivity contribution >= 4 is 41.5 Å². The van der Waals surface area contributed by atoms with Crippen LogP contribution in [0.1, 0.15) is 29.0 Å². The van der Waals surface area contributed by atoms with Crippen molar-refractivity contribution in [3.63, 3.8) is 0 Å². The molecule has 2 N–H and O–H groups in total. The number of oxazole rings is 1. The van der Waals surface area contributed by atoms with Gasteiger partial charge >= 0.3 is 0 Å². The number of halogens is 2. The number of guanidine groups is 1. The maximum Gasteiger partial charge on any atom is 0.214 e. The van der Waals surface area contributed by atoms with E-state index in [1.807, 2.05) is 32.0 Å². The Morgan fingerprint density at radius 2 is 1.97 bits per heavy atom. The van der Waals surface area contributed by atoms with Crippen LogP contribution in [0, 0.1) is 13.8 Å². The van der Waals surface area contributed by atoms with Crippen LogP contribution in [0.3, 0.4) is 0 Å². The van der Waals surface area contributed by atoms with E-state index in [0.717, 1.165) is 48.3 Å². The van der Waals surface area contributed by atoms with Gasteiger partial charge in [-0.15, -0.1) is 24.0 Å². The van der Waals surface area contributed by atoms with Gasteiger partial charge in [-0.25, -0.2) is 4.98 Å². The van der Waals surface area contributed by atoms with Crippen molar-refractivity contribution in [3.8, 4) is 0 Å². The van der Waals surface area contributed by atoms with Crippen molar-refractivity contribution in [1.82, 2.24) is 20.5 Å². The second kappa shape index (κ2) is 11.7. The fourth-order valence-electron chi connectivity index (χ4n) is 3.26. The molecule has 160 valence electrons. The third kappa shape index (κ3) is 6.56. The largest absolute Gasteiger partial charge is 0.444 e. The minimum atomic E-state index is 0. The van der Waals surface area contributed by atoms with E-state index in [9.17, 15) is 0 Å². The quantitative estimate of drug-likeness (QED) is 0.337. The first-order valence-electron chi connectivity index (χ1n) is 9.52. The highest BCUT2D eigenvalue weighted by Gasteiger charge is 2.24. The maximum absolute atomic E-state index is 6.49. The number of hydrogen-bond donors (Lipinski definition) is 2. The average Bonchev–Trinajstić information content (AvgIpc) is 3.04. The van der Waals surface area contributed by atoms with Gasteiger partial charge in [0.2, 0.25) is 5.89 Å². The molecule has 0 bridgehead atoms. The number of ether oxygens (including phenoxy) is 1. The fraction of sp³-hybridized carbons (Fsp3) is 0.500. The molecule has 0 amide bonds. The molecule has 1 fully saturated rings. The lowest BCUT2D eigenvalue weighted by Crippen LogP contribution is -2.46. The average molecular weight is 534 g/mol. The van der Waals surface area contributed by atoms with Crippen LogP contribution in [0.2, 0.25) is 5.02 Å². The fourth-order valence-corrected chi connectivity index (χ4v) is 3.52. The number of aryl methyl sites for hydroxylation is 2. The van der Waals surface area contributed by atoms with Crippen molar-refractivity contribution in [2.75, 3.05) is 39.9 Å². The van der Waals surface area contributed by atoms with Crippen LogP contribution in [0.4, 0.5) is 0 Å². The molecule has 0 saturated carbocycles. The Kier molecular flexibility index (Phi) is 9.67. The summed E-state index contributed by atoms with van der Waals surface area (Å²) in [5.74, 6) is 2.18. The number of aliphatic imine (C=N–C) groups is 1. The molecule has 7 nitrogen and oxygen atoms in total. The molecule has 3 rings (SSSR count). The monoisotopic (exact) mass is 533 g/mol. The van der Waals surface area contributed by atoms with Gasteiger partial charge in [-0.2, -0.15) is 0 Å². The Morgan fingerprint density at radius 1 is 1.24 bits per heavy atom. The molecule has 2 aromatic rings. The third-order valence-electron chi connectivity index (χ3n) is 4.92. The topological polar surface area (TPSA) is 74.9 Å². The van der Waals surface area contributed by atoms with E-state index >= 15 is 0 Å². The van der Waals surface area contributed by atoms with Crippen LogP contribution in [0.5, 0.6) is 0 Å². The molecule has 1 atom stereocenters. The molecule has 0 radical (unpaired) electrons. The van der Waals surface area contributed by atoms with Gasteiger partial charge in [0.1, 0.15) is 5.76 Å². The van der Waals surface area contributed by atoms with Crippen molar-refractivity contribution in [1.29, 1.82) is 0 Å². The van der Waals surface area contributed by atoms with Crippen LogP contribution < -0.4 is 10.6 Å². The lowest BCUT2D eigenvalue weighted by molar-refractivity contribution is 0.0170. The number of benzene rings is 1. The van der Waals surface area contributed by atoms with Gasteiger partial charge in [0.05, 0.1) is 31.5 Å². The number of nitrogens with one attached hydrogen (secondary N) is 2. The van der Waals surface area contributed by atoms with Crippen LogP contribution in [-0.4, -0.2) is 55.7 Å². The molecule has 0 aliphatic carbocycles. The molecule has 9 heteroatoms. The van der Waals surface area contributed by atoms with Gasteiger partial charge in [-0.1, -0.05) is 29.8 Å². The Balaban J connectivity index is 0.00000300. The van der Waals surface area contributed by atoms with Gasteiger partial charge in [0, 0.05) is 31.7 Å². The summed E-state index contributed by atoms with van der Waals surface area (Å²) in [7, 11) is 1.75. The summed E-state index contributed by atoms with van der Waals surface area (Å²) in [4.78, 5) is 11.1. The predicted octanol–water partition coefficient (Wildman–Crippen LogP) is 3.30. The van der Waals surface area contributed by atoms with Gasteiger partial charge in [-0.05, 0) is 25.5 Å². The third-order valence-corrected chi connectivity index (χ3v) is 5.26. The Bertz CT molecular complexity index is 788. The van der Waals surface area contributed by atoms with Gasteiger partial charge in [-0.3, -0.25) is 9.89 Å². The molecule has 1 aliphatic rings. The molecule has 0 spiro atoms. The molecular formula is C20H29ClIN5O2. The minimum Gasteiger partial charge on any atom is -0.444 e. The molecule has 1 unspecified atom stereocenters. The summed E-state index contributed by atoms with van der Waals surface area (Å²) in [6, 6.07) is 8.12. The van der Waals surface area contributed by atoms with E-state index in [0.29, 0.717) is 24.9 Å². The van der Waals surface area contributed by atoms with Gasteiger partial charge < -0.3 is 19.8 Å². The predicted molar refractivity (Wildman–Crippen MR) is 126 cm³/mol. The minimum absolute atomic E-state index is 0. The molecule has 1 aromatic carbocycles. The highest BCUT2D eigenvalue weighted by Crippen LogP contribution is 2.27. The first kappa shape index (κ1) is 23.9. The highest BCUT2D eigenvalue weighted by molar-refractivity contribution is 14.0. The van der Waals surface area contributed by atoms with Gasteiger partial charge in [0.15, 0.2) is 5.96 Å². The van der Waals surface area contributed by atoms with Crippen molar-refractivity contribution in [3.05, 3.63) is 52.2 Å². The lowest BCUT2D eigenvalue weighted by Gasteiger charge is -2.35. The van der Waals surface area contributed by atoms with Crippen LogP contribution in [0.25, 0.3) is 0 Å². The van der Waals surface area contributed by atoms with Crippen LogP contribution in [-0.2, 0) is 11.3 Å². The Labute approximate surface area is 194 Å². The second-order valence-electron chi connectivity index (χ2n) is 6.74. The maximum atomic E-state index is 6.49. The normalized spacial score (nSPS) is 16.2. The number of nitrogens with zero attached hydrogens (tertiary/aromatic N) is 3. The summed E-state index contributed by atoms with van der Waals surface area (Å²) in [5, 5.41) is 7.44. The number of aromatic nitrogens is 1. The first-order valence-corrected chi connectivity index (χ1v) is 9.90. The summed E-state index contributed by atoms with van der Waals surface area (Å²) in [5.41, 5.74) is 2.01. The lowest BCUT2D eigenvalue weighted by atomic mass is 10.0. The second-order valence-corrected chi connectivity index (χ2v) is 7.15. The van der Waals surface area contributed by atoms with E-state index in [-0.39, 0.29) is 30.0 Å². The Morgan fingerprint density at radius 3 is 2.59 bits per heavy atom. The van der Waals surface area contributed by atoms with Crippen molar-refractivity contribution in [2.24, 2.45) is 4.99 Å². The molecule has 2 heterocycles. The SMILES string of the molecule is CN=C(NCc1nc(C)c(C)o1)NCC(c1ccccc1Cl)N1CCOCC1.I. The Hall–Kier alpha value is -1.36. The molecule has 1 saturated heterocycles. The van der Waals surface area contributed by atoms with E-state index in [1.165, 1.54) is 0 Å². The molecule has 1 aliphatic heterocycles. The van der Waals surface area contributed by atoms with Gasteiger partial charge in [0.25, 0.3) is 0 Å².